The molecule has 1 saturated carbocycles. The van der Waals surface area contributed by atoms with E-state index in [1.807, 2.05) is 11.7 Å². The number of carbonyl (C=O) groups is 3. The van der Waals surface area contributed by atoms with Crippen molar-refractivity contribution in [1.29, 1.82) is 0 Å². The summed E-state index contributed by atoms with van der Waals surface area (Å²) in [5.41, 5.74) is 3.13. The van der Waals surface area contributed by atoms with Crippen LogP contribution in [0.3, 0.4) is 0 Å². The molecule has 0 spiro atoms. The average Bonchev–Trinajstić information content (AvgIpc) is 3.15. The molecule has 2 N–H and O–H groups in total. The number of likely N-dealkylation sites (tertiary alicyclic amines) is 1. The van der Waals surface area contributed by atoms with Crippen LogP contribution in [0.5, 0.6) is 0 Å². The zero-order chi connectivity index (χ0) is 23.8. The summed E-state index contributed by atoms with van der Waals surface area (Å²) in [6, 6.07) is 6.52. The molecule has 2 amide bonds. The first kappa shape index (κ1) is 23.0. The van der Waals surface area contributed by atoms with E-state index < -0.39 is 5.97 Å². The van der Waals surface area contributed by atoms with Crippen LogP contribution in [0.25, 0.3) is 10.9 Å². The number of benzene rings is 1. The third-order valence-corrected chi connectivity index (χ3v) is 8.24. The van der Waals surface area contributed by atoms with Crippen molar-refractivity contribution >= 4 is 28.7 Å². The Labute approximate surface area is 199 Å². The molecule has 8 nitrogen and oxygen atoms in total. The number of imide groups is 1. The van der Waals surface area contributed by atoms with E-state index in [0.717, 1.165) is 74.8 Å². The Kier molecular flexibility index (Phi) is 6.42. The average molecular weight is 467 g/mol. The number of nitrogens with zero attached hydrogens (tertiary/aromatic N) is 3. The first-order valence-corrected chi connectivity index (χ1v) is 12.6. The standard InChI is InChI=1S/C26H34N4O4/c1-29-22-14-19(6-7-20(22)24(28-29)21-8-9-23(31)27-25(21)32)17-10-12-30(13-11-17)15-16-2-4-18(5-3-16)26(33)34/h6-7,14,16-18,21H,2-5,8-13,15H2,1H3,(H,33,34)(H,27,31,32)/t16-,18-,21?. The van der Waals surface area contributed by atoms with Gasteiger partial charge in [-0.3, -0.25) is 24.4 Å². The van der Waals surface area contributed by atoms with Gasteiger partial charge in [0, 0.05) is 25.4 Å². The fourth-order valence-electron chi connectivity index (χ4n) is 6.17. The van der Waals surface area contributed by atoms with E-state index in [1.165, 1.54) is 5.56 Å². The van der Waals surface area contributed by atoms with Crippen LogP contribution < -0.4 is 5.32 Å². The Morgan fingerprint density at radius 2 is 1.82 bits per heavy atom. The number of fused-ring (bicyclic) bond motifs is 1. The zero-order valence-corrected chi connectivity index (χ0v) is 19.8. The smallest absolute Gasteiger partial charge is 0.306 e. The highest BCUT2D eigenvalue weighted by Gasteiger charge is 2.32. The highest BCUT2D eigenvalue weighted by molar-refractivity contribution is 6.02. The van der Waals surface area contributed by atoms with Gasteiger partial charge in [-0.2, -0.15) is 5.10 Å². The minimum absolute atomic E-state index is 0.139. The Bertz CT molecular complexity index is 1090. The van der Waals surface area contributed by atoms with Gasteiger partial charge in [-0.15, -0.1) is 0 Å². The number of carboxylic acid groups (broad SMARTS) is 1. The lowest BCUT2D eigenvalue weighted by Crippen LogP contribution is -2.39. The summed E-state index contributed by atoms with van der Waals surface area (Å²) in [4.78, 5) is 37.7. The lowest BCUT2D eigenvalue weighted by molar-refractivity contribution is -0.143. The van der Waals surface area contributed by atoms with Crippen LogP contribution in [0.4, 0.5) is 0 Å². The summed E-state index contributed by atoms with van der Waals surface area (Å²) in [6.07, 6.45) is 6.81. The minimum atomic E-state index is -0.631. The van der Waals surface area contributed by atoms with Crippen molar-refractivity contribution in [3.05, 3.63) is 29.5 Å². The van der Waals surface area contributed by atoms with E-state index >= 15 is 0 Å². The Hall–Kier alpha value is -2.74. The molecule has 3 aliphatic rings. The molecule has 34 heavy (non-hydrogen) atoms. The van der Waals surface area contributed by atoms with Crippen molar-refractivity contribution in [3.8, 4) is 0 Å². The van der Waals surface area contributed by atoms with Gasteiger partial charge >= 0.3 is 5.97 Å². The topological polar surface area (TPSA) is 105 Å². The highest BCUT2D eigenvalue weighted by atomic mass is 16.4. The van der Waals surface area contributed by atoms with Crippen molar-refractivity contribution < 1.29 is 19.5 Å². The van der Waals surface area contributed by atoms with Gasteiger partial charge in [-0.1, -0.05) is 12.1 Å². The molecule has 3 heterocycles. The summed E-state index contributed by atoms with van der Waals surface area (Å²) < 4.78 is 1.86. The number of rotatable bonds is 5. The molecule has 2 saturated heterocycles. The molecule has 2 aliphatic heterocycles. The number of carboxylic acids is 1. The second-order valence-electron chi connectivity index (χ2n) is 10.4. The highest BCUT2D eigenvalue weighted by Crippen LogP contribution is 2.35. The molecular weight excluding hydrogens is 432 g/mol. The van der Waals surface area contributed by atoms with Crippen molar-refractivity contribution in [2.75, 3.05) is 19.6 Å². The van der Waals surface area contributed by atoms with Gasteiger partial charge in [0.05, 0.1) is 23.0 Å². The lowest BCUT2D eigenvalue weighted by atomic mass is 9.81. The van der Waals surface area contributed by atoms with E-state index in [-0.39, 0.29) is 23.7 Å². The number of aliphatic carboxylic acids is 1. The van der Waals surface area contributed by atoms with E-state index in [0.29, 0.717) is 24.7 Å². The quantitative estimate of drug-likeness (QED) is 0.656. The van der Waals surface area contributed by atoms with Gasteiger partial charge in [-0.25, -0.2) is 0 Å². The molecule has 1 aliphatic carbocycles. The van der Waals surface area contributed by atoms with Crippen molar-refractivity contribution in [2.45, 2.75) is 63.2 Å². The molecule has 3 fully saturated rings. The number of hydrogen-bond donors (Lipinski definition) is 2. The molecule has 2 aromatic rings. The molecule has 0 bridgehead atoms. The molecule has 5 rings (SSSR count). The second kappa shape index (κ2) is 9.49. The Morgan fingerprint density at radius 3 is 2.50 bits per heavy atom. The SMILES string of the molecule is Cn1nc(C2CCC(=O)NC2=O)c2ccc(C3CCN(C[C@H]4CC[C@H](C(=O)O)CC4)CC3)cc21. The normalized spacial score (nSPS) is 27.1. The molecule has 1 aromatic heterocycles. The number of carbonyl (C=O) groups excluding carboxylic acids is 2. The van der Waals surface area contributed by atoms with Crippen LogP contribution in [0, 0.1) is 11.8 Å². The summed E-state index contributed by atoms with van der Waals surface area (Å²) in [5, 5.41) is 17.3. The number of amides is 2. The molecule has 0 radical (unpaired) electrons. The second-order valence-corrected chi connectivity index (χ2v) is 10.4. The van der Waals surface area contributed by atoms with Gasteiger partial charge in [0.15, 0.2) is 0 Å². The van der Waals surface area contributed by atoms with Gasteiger partial charge in [-0.05, 0) is 81.5 Å². The van der Waals surface area contributed by atoms with E-state index in [2.05, 4.69) is 33.5 Å². The predicted molar refractivity (Wildman–Crippen MR) is 127 cm³/mol. The van der Waals surface area contributed by atoms with Crippen LogP contribution in [0.2, 0.25) is 0 Å². The van der Waals surface area contributed by atoms with Gasteiger partial charge in [0.1, 0.15) is 0 Å². The summed E-state index contributed by atoms with van der Waals surface area (Å²) in [5.74, 6) is -0.456. The number of nitrogens with one attached hydrogen (secondary N) is 1. The third kappa shape index (κ3) is 4.60. The van der Waals surface area contributed by atoms with Crippen LogP contribution in [0.15, 0.2) is 18.2 Å². The number of piperidine rings is 2. The third-order valence-electron chi connectivity index (χ3n) is 8.24. The van der Waals surface area contributed by atoms with Gasteiger partial charge in [0.2, 0.25) is 11.8 Å². The number of aryl methyl sites for hydroxylation is 1. The first-order chi connectivity index (χ1) is 16.4. The number of hydrogen-bond acceptors (Lipinski definition) is 5. The maximum Gasteiger partial charge on any atom is 0.306 e. The van der Waals surface area contributed by atoms with Crippen LogP contribution in [0.1, 0.15) is 74.5 Å². The minimum Gasteiger partial charge on any atom is -0.481 e. The lowest BCUT2D eigenvalue weighted by Gasteiger charge is -2.36. The largest absolute Gasteiger partial charge is 0.481 e. The first-order valence-electron chi connectivity index (χ1n) is 12.6. The summed E-state index contributed by atoms with van der Waals surface area (Å²) in [7, 11) is 1.92. The van der Waals surface area contributed by atoms with Crippen molar-refractivity contribution in [2.24, 2.45) is 18.9 Å². The maximum atomic E-state index is 12.4. The van der Waals surface area contributed by atoms with Gasteiger partial charge < -0.3 is 10.0 Å². The fourth-order valence-corrected chi connectivity index (χ4v) is 6.17. The van der Waals surface area contributed by atoms with Gasteiger partial charge in [0.25, 0.3) is 0 Å². The van der Waals surface area contributed by atoms with E-state index in [1.54, 1.807) is 0 Å². The molecule has 1 unspecified atom stereocenters. The molecule has 1 aromatic carbocycles. The molecule has 8 heteroatoms. The molecular formula is C26H34N4O4. The van der Waals surface area contributed by atoms with Crippen LogP contribution >= 0.6 is 0 Å². The predicted octanol–water partition coefficient (Wildman–Crippen LogP) is 3.16. The summed E-state index contributed by atoms with van der Waals surface area (Å²) >= 11 is 0. The monoisotopic (exact) mass is 466 g/mol. The summed E-state index contributed by atoms with van der Waals surface area (Å²) in [6.45, 7) is 3.25. The Balaban J connectivity index is 1.21. The number of aromatic nitrogens is 2. The van der Waals surface area contributed by atoms with Crippen molar-refractivity contribution in [3.63, 3.8) is 0 Å². The zero-order valence-electron chi connectivity index (χ0n) is 19.8. The van der Waals surface area contributed by atoms with Crippen LogP contribution in [-0.4, -0.2) is 57.2 Å². The molecule has 1 atom stereocenters. The maximum absolute atomic E-state index is 12.4. The van der Waals surface area contributed by atoms with Crippen LogP contribution in [-0.2, 0) is 21.4 Å². The molecule has 182 valence electrons. The fraction of sp³-hybridized carbons (Fsp3) is 0.615. The van der Waals surface area contributed by atoms with E-state index in [9.17, 15) is 19.5 Å². The van der Waals surface area contributed by atoms with Crippen molar-refractivity contribution in [1.82, 2.24) is 20.0 Å². The Morgan fingerprint density at radius 1 is 1.09 bits per heavy atom. The van der Waals surface area contributed by atoms with E-state index in [4.69, 9.17) is 0 Å².